The van der Waals surface area contributed by atoms with Gasteiger partial charge in [-0.05, 0) is 37.5 Å². The molecule has 23 heavy (non-hydrogen) atoms. The molecule has 0 saturated carbocycles. The summed E-state index contributed by atoms with van der Waals surface area (Å²) >= 11 is 3.51. The molecule has 3 nitrogen and oxygen atoms in total. The Hall–Kier alpha value is -1.68. The summed E-state index contributed by atoms with van der Waals surface area (Å²) in [6.07, 6.45) is 4.89. The summed E-state index contributed by atoms with van der Waals surface area (Å²) in [5.74, 6) is -0.0408. The number of rotatable bonds is 4. The number of aromatic nitrogens is 1. The third kappa shape index (κ3) is 3.05. The Kier molecular flexibility index (Phi) is 4.53. The minimum absolute atomic E-state index is 0.0408. The monoisotopic (exact) mass is 373 g/mol. The first-order valence-electron chi connectivity index (χ1n) is 8.09. The van der Waals surface area contributed by atoms with Gasteiger partial charge in [0.05, 0.1) is 11.3 Å². The summed E-state index contributed by atoms with van der Waals surface area (Å²) in [5, 5.41) is 0. The summed E-state index contributed by atoms with van der Waals surface area (Å²) < 4.78 is 3.13. The molecule has 1 aromatic carbocycles. The molecular formula is C19H20BrNO2. The quantitative estimate of drug-likeness (QED) is 0.724. The van der Waals surface area contributed by atoms with Crippen molar-refractivity contribution >= 4 is 21.7 Å². The number of nitrogens with zero attached hydrogens (tertiary/aromatic N) is 1. The van der Waals surface area contributed by atoms with Crippen LogP contribution in [0.3, 0.4) is 0 Å². The number of carbonyl (C=O) groups is 1. The lowest BCUT2D eigenvalue weighted by Gasteiger charge is -2.28. The molecule has 1 aliphatic heterocycles. The number of ketones is 1. The maximum absolute atomic E-state index is 12.4. The molecule has 0 fully saturated rings. The minimum atomic E-state index is -0.166. The number of Topliss-reactive ketones (excluding diaryl/α,β-unsaturated/α-hetero) is 1. The summed E-state index contributed by atoms with van der Waals surface area (Å²) in [5.41, 5.74) is 3.38. The highest BCUT2D eigenvalue weighted by Crippen LogP contribution is 2.35. The lowest BCUT2D eigenvalue weighted by Crippen LogP contribution is -2.24. The Morgan fingerprint density at radius 2 is 2.13 bits per heavy atom. The van der Waals surface area contributed by atoms with E-state index in [4.69, 9.17) is 0 Å². The van der Waals surface area contributed by atoms with Gasteiger partial charge in [-0.1, -0.05) is 35.3 Å². The molecule has 0 N–H and O–H groups in total. The van der Waals surface area contributed by atoms with E-state index in [1.54, 1.807) is 12.3 Å². The van der Waals surface area contributed by atoms with Gasteiger partial charge in [-0.25, -0.2) is 0 Å². The highest BCUT2D eigenvalue weighted by Gasteiger charge is 2.23. The van der Waals surface area contributed by atoms with Crippen molar-refractivity contribution in [2.45, 2.75) is 45.6 Å². The van der Waals surface area contributed by atoms with E-state index >= 15 is 0 Å². The summed E-state index contributed by atoms with van der Waals surface area (Å²) in [6.45, 7) is 4.17. The first-order valence-corrected chi connectivity index (χ1v) is 8.88. The van der Waals surface area contributed by atoms with E-state index in [1.807, 2.05) is 19.1 Å². The Labute approximate surface area is 144 Å². The molecule has 1 unspecified atom stereocenters. The van der Waals surface area contributed by atoms with Gasteiger partial charge in [-0.3, -0.25) is 9.59 Å². The van der Waals surface area contributed by atoms with Crippen LogP contribution in [0, 0.1) is 0 Å². The van der Waals surface area contributed by atoms with Gasteiger partial charge in [-0.2, -0.15) is 0 Å². The van der Waals surface area contributed by atoms with Crippen LogP contribution in [0.15, 0.2) is 39.7 Å². The van der Waals surface area contributed by atoms with Crippen molar-refractivity contribution in [3.8, 4) is 11.3 Å². The Morgan fingerprint density at radius 1 is 1.35 bits per heavy atom. The second kappa shape index (κ2) is 6.44. The molecule has 2 aromatic rings. The number of hydrogen-bond donors (Lipinski definition) is 0. The molecule has 3 rings (SSSR count). The molecule has 1 aliphatic rings. The molecule has 120 valence electrons. The number of unbranched alkanes of at least 4 members (excludes halogenated alkanes) is 1. The molecule has 1 aromatic heterocycles. The number of hydrogen-bond acceptors (Lipinski definition) is 2. The predicted octanol–water partition coefficient (Wildman–Crippen LogP) is 4.77. The van der Waals surface area contributed by atoms with Gasteiger partial charge in [0.15, 0.2) is 11.2 Å². The highest BCUT2D eigenvalue weighted by molar-refractivity contribution is 9.10. The molecule has 0 saturated heterocycles. The van der Waals surface area contributed by atoms with E-state index in [2.05, 4.69) is 33.5 Å². The maximum Gasteiger partial charge on any atom is 0.192 e. The van der Waals surface area contributed by atoms with Crippen LogP contribution in [0.5, 0.6) is 0 Å². The molecule has 0 amide bonds. The lowest BCUT2D eigenvalue weighted by atomic mass is 9.92. The van der Waals surface area contributed by atoms with Crippen LogP contribution in [0.4, 0.5) is 0 Å². The van der Waals surface area contributed by atoms with Gasteiger partial charge in [0.25, 0.3) is 0 Å². The van der Waals surface area contributed by atoms with E-state index in [0.717, 1.165) is 35.0 Å². The average molecular weight is 374 g/mol. The number of halogens is 1. The fourth-order valence-corrected chi connectivity index (χ4v) is 3.62. The van der Waals surface area contributed by atoms with Gasteiger partial charge in [-0.15, -0.1) is 0 Å². The molecule has 4 heteroatoms. The summed E-state index contributed by atoms with van der Waals surface area (Å²) in [4.78, 5) is 24.7. The maximum atomic E-state index is 12.4. The third-order valence-corrected chi connectivity index (χ3v) is 4.96. The lowest BCUT2D eigenvalue weighted by molar-refractivity contribution is 0.0978. The Morgan fingerprint density at radius 3 is 2.87 bits per heavy atom. The topological polar surface area (TPSA) is 39.1 Å². The highest BCUT2D eigenvalue weighted by atomic mass is 79.9. The molecule has 0 bridgehead atoms. The fraction of sp³-hybridized carbons (Fsp3) is 0.368. The van der Waals surface area contributed by atoms with Crippen molar-refractivity contribution in [2.75, 3.05) is 0 Å². The second-order valence-corrected chi connectivity index (χ2v) is 7.14. The van der Waals surface area contributed by atoms with Crippen LogP contribution < -0.4 is 5.43 Å². The van der Waals surface area contributed by atoms with Crippen LogP contribution in [-0.4, -0.2) is 10.4 Å². The molecule has 0 spiro atoms. The Bertz CT molecular complexity index is 823. The van der Waals surface area contributed by atoms with Crippen molar-refractivity contribution in [3.63, 3.8) is 0 Å². The zero-order valence-corrected chi connectivity index (χ0v) is 15.0. The fourth-order valence-electron chi connectivity index (χ4n) is 3.21. The van der Waals surface area contributed by atoms with Crippen molar-refractivity contribution in [1.82, 2.24) is 4.57 Å². The predicted molar refractivity (Wildman–Crippen MR) is 96.1 cm³/mol. The molecule has 0 radical (unpaired) electrons. The largest absolute Gasteiger partial charge is 0.343 e. The van der Waals surface area contributed by atoms with Crippen LogP contribution in [0.1, 0.15) is 55.1 Å². The smallest absolute Gasteiger partial charge is 0.192 e. The first kappa shape index (κ1) is 16.2. The van der Waals surface area contributed by atoms with Crippen molar-refractivity contribution in [3.05, 3.63) is 56.3 Å². The van der Waals surface area contributed by atoms with Gasteiger partial charge >= 0.3 is 0 Å². The summed E-state index contributed by atoms with van der Waals surface area (Å²) in [6, 6.07) is 7.99. The second-order valence-electron chi connectivity index (χ2n) is 6.23. The van der Waals surface area contributed by atoms with Gasteiger partial charge in [0.2, 0.25) is 0 Å². The Balaban J connectivity index is 2.10. The molecule has 1 atom stereocenters. The van der Waals surface area contributed by atoms with E-state index in [9.17, 15) is 9.59 Å². The molecule has 2 heterocycles. The van der Waals surface area contributed by atoms with E-state index in [0.29, 0.717) is 12.0 Å². The third-order valence-electron chi connectivity index (χ3n) is 4.47. The number of fused-ring (bicyclic) bond motifs is 3. The minimum Gasteiger partial charge on any atom is -0.343 e. The number of benzene rings is 1. The van der Waals surface area contributed by atoms with E-state index < -0.39 is 0 Å². The normalized spacial score (nSPS) is 15.9. The van der Waals surface area contributed by atoms with E-state index in [1.165, 1.54) is 5.56 Å². The average Bonchev–Trinajstić information content (AvgIpc) is 2.52. The zero-order chi connectivity index (χ0) is 16.6. The number of pyridine rings is 1. The van der Waals surface area contributed by atoms with Crippen LogP contribution in [-0.2, 0) is 6.42 Å². The van der Waals surface area contributed by atoms with Crippen LogP contribution in [0.2, 0.25) is 0 Å². The SMILES string of the molecule is CCCCC(=O)c1cn2c(cc1=O)-c1ccc(Br)cc1CC2C. The first-order chi connectivity index (χ1) is 11.0. The van der Waals surface area contributed by atoms with Gasteiger partial charge in [0.1, 0.15) is 0 Å². The molecular weight excluding hydrogens is 354 g/mol. The van der Waals surface area contributed by atoms with E-state index in [-0.39, 0.29) is 17.3 Å². The standard InChI is InChI=1S/C19H20BrNO2/c1-3-4-5-18(22)16-11-21-12(2)8-13-9-14(20)6-7-15(13)17(21)10-19(16)23/h6-7,9-12H,3-5,8H2,1-2H3. The summed E-state index contributed by atoms with van der Waals surface area (Å²) in [7, 11) is 0. The van der Waals surface area contributed by atoms with Crippen molar-refractivity contribution in [2.24, 2.45) is 0 Å². The van der Waals surface area contributed by atoms with Crippen LogP contribution in [0.25, 0.3) is 11.3 Å². The number of carbonyl (C=O) groups excluding carboxylic acids is 1. The van der Waals surface area contributed by atoms with Gasteiger partial charge < -0.3 is 4.57 Å². The molecule has 0 aliphatic carbocycles. The zero-order valence-electron chi connectivity index (χ0n) is 13.4. The van der Waals surface area contributed by atoms with Crippen molar-refractivity contribution in [1.29, 1.82) is 0 Å². The van der Waals surface area contributed by atoms with Crippen molar-refractivity contribution < 1.29 is 4.79 Å². The van der Waals surface area contributed by atoms with Crippen LogP contribution >= 0.6 is 15.9 Å². The van der Waals surface area contributed by atoms with Gasteiger partial charge in [0, 0.05) is 34.8 Å².